The zero-order valence-corrected chi connectivity index (χ0v) is 11.7. The Labute approximate surface area is 122 Å². The van der Waals surface area contributed by atoms with Crippen molar-refractivity contribution >= 4 is 29.3 Å². The quantitative estimate of drug-likeness (QED) is 0.672. The minimum Gasteiger partial charge on any atom is -0.376 e. The predicted molar refractivity (Wildman–Crippen MR) is 78.6 cm³/mol. The van der Waals surface area contributed by atoms with Gasteiger partial charge in [0.15, 0.2) is 5.11 Å². The van der Waals surface area contributed by atoms with Crippen LogP contribution in [0.3, 0.4) is 0 Å². The van der Waals surface area contributed by atoms with E-state index >= 15 is 0 Å². The Bertz CT molecular complexity index is 553. The van der Waals surface area contributed by atoms with Crippen molar-refractivity contribution in [2.45, 2.75) is 18.9 Å². The van der Waals surface area contributed by atoms with Crippen LogP contribution < -0.4 is 5.32 Å². The highest BCUT2D eigenvalue weighted by molar-refractivity contribution is 7.80. The molecule has 0 saturated carbocycles. The van der Waals surface area contributed by atoms with E-state index in [1.807, 2.05) is 18.2 Å². The zero-order chi connectivity index (χ0) is 13.9. The van der Waals surface area contributed by atoms with Gasteiger partial charge in [-0.05, 0) is 43.3 Å². The van der Waals surface area contributed by atoms with Gasteiger partial charge in [0.25, 0.3) is 5.91 Å². The highest BCUT2D eigenvalue weighted by Gasteiger charge is 2.33. The molecule has 104 valence electrons. The molecule has 1 unspecified atom stereocenters. The molecule has 0 spiro atoms. The molecule has 1 amide bonds. The summed E-state index contributed by atoms with van der Waals surface area (Å²) in [5, 5.41) is 3.39. The van der Waals surface area contributed by atoms with Gasteiger partial charge >= 0.3 is 0 Å². The lowest BCUT2D eigenvalue weighted by Gasteiger charge is -2.18. The lowest BCUT2D eigenvalue weighted by atomic mass is 10.2. The van der Waals surface area contributed by atoms with Crippen molar-refractivity contribution in [3.63, 3.8) is 0 Å². The maximum atomic E-state index is 12.3. The van der Waals surface area contributed by atoms with Crippen LogP contribution in [-0.2, 0) is 9.53 Å². The lowest BCUT2D eigenvalue weighted by Crippen LogP contribution is -2.37. The third-order valence-corrected chi connectivity index (χ3v) is 3.67. The highest BCUT2D eigenvalue weighted by atomic mass is 32.1. The first-order chi connectivity index (χ1) is 9.74. The minimum atomic E-state index is -0.115. The van der Waals surface area contributed by atoms with Crippen LogP contribution in [0.5, 0.6) is 0 Å². The highest BCUT2D eigenvalue weighted by Crippen LogP contribution is 2.18. The normalized spacial score (nSPS) is 24.5. The first-order valence-corrected chi connectivity index (χ1v) is 7.02. The molecule has 0 radical (unpaired) electrons. The van der Waals surface area contributed by atoms with E-state index in [9.17, 15) is 4.79 Å². The van der Waals surface area contributed by atoms with Crippen molar-refractivity contribution in [3.8, 4) is 0 Å². The molecule has 1 aromatic heterocycles. The Morgan fingerprint density at radius 2 is 2.45 bits per heavy atom. The van der Waals surface area contributed by atoms with Crippen LogP contribution >= 0.6 is 12.2 Å². The molecule has 2 saturated heterocycles. The number of hydrogen-bond acceptors (Lipinski definition) is 4. The minimum absolute atomic E-state index is 0.0906. The smallest absolute Gasteiger partial charge is 0.276 e. The Balaban J connectivity index is 1.74. The van der Waals surface area contributed by atoms with E-state index in [2.05, 4.69) is 10.3 Å². The number of rotatable bonds is 3. The van der Waals surface area contributed by atoms with E-state index in [4.69, 9.17) is 17.0 Å². The topological polar surface area (TPSA) is 54.5 Å². The SMILES string of the molecule is O=C1/C(=C/c2ccccn2)NC(=S)N1CC1CCCO1. The number of thiocarbonyl (C=S) groups is 1. The number of nitrogens with zero attached hydrogens (tertiary/aromatic N) is 2. The molecular formula is C14H15N3O2S. The fourth-order valence-electron chi connectivity index (χ4n) is 2.34. The predicted octanol–water partition coefficient (Wildman–Crippen LogP) is 1.32. The van der Waals surface area contributed by atoms with Gasteiger partial charge in [0.1, 0.15) is 5.70 Å². The van der Waals surface area contributed by atoms with E-state index in [1.54, 1.807) is 17.2 Å². The Hall–Kier alpha value is -1.79. The van der Waals surface area contributed by atoms with Gasteiger partial charge in [0.2, 0.25) is 0 Å². The number of pyridine rings is 1. The fourth-order valence-corrected chi connectivity index (χ4v) is 2.61. The zero-order valence-electron chi connectivity index (χ0n) is 10.9. The van der Waals surface area contributed by atoms with E-state index in [0.717, 1.165) is 25.1 Å². The van der Waals surface area contributed by atoms with Gasteiger partial charge in [-0.3, -0.25) is 14.7 Å². The average Bonchev–Trinajstić information content (AvgIpc) is 3.05. The van der Waals surface area contributed by atoms with Crippen molar-refractivity contribution < 1.29 is 9.53 Å². The van der Waals surface area contributed by atoms with Crippen LogP contribution in [0.2, 0.25) is 0 Å². The Morgan fingerprint density at radius 1 is 1.55 bits per heavy atom. The van der Waals surface area contributed by atoms with Gasteiger partial charge in [-0.25, -0.2) is 0 Å². The summed E-state index contributed by atoms with van der Waals surface area (Å²) < 4.78 is 5.55. The molecule has 3 rings (SSSR count). The van der Waals surface area contributed by atoms with E-state index in [-0.39, 0.29) is 12.0 Å². The second kappa shape index (κ2) is 5.68. The van der Waals surface area contributed by atoms with Gasteiger partial charge in [0, 0.05) is 12.8 Å². The molecule has 1 aromatic rings. The van der Waals surface area contributed by atoms with Gasteiger partial charge in [-0.1, -0.05) is 6.07 Å². The molecule has 0 aromatic carbocycles. The van der Waals surface area contributed by atoms with Gasteiger partial charge < -0.3 is 10.1 Å². The van der Waals surface area contributed by atoms with Crippen LogP contribution in [-0.4, -0.2) is 40.2 Å². The van der Waals surface area contributed by atoms with Gasteiger partial charge in [0.05, 0.1) is 18.3 Å². The summed E-state index contributed by atoms with van der Waals surface area (Å²) in [7, 11) is 0. The summed E-state index contributed by atoms with van der Waals surface area (Å²) in [6.45, 7) is 1.29. The summed E-state index contributed by atoms with van der Waals surface area (Å²) in [5.74, 6) is -0.115. The largest absolute Gasteiger partial charge is 0.376 e. The molecule has 2 aliphatic heterocycles. The molecule has 0 bridgehead atoms. The van der Waals surface area contributed by atoms with Crippen molar-refractivity contribution in [1.29, 1.82) is 0 Å². The monoisotopic (exact) mass is 289 g/mol. The standard InChI is InChI=1S/C14H15N3O2S/c18-13-12(8-10-4-1-2-6-15-10)16-14(20)17(13)9-11-5-3-7-19-11/h1-2,4,6,8,11H,3,5,7,9H2,(H,16,20)/b12-8-. The molecule has 20 heavy (non-hydrogen) atoms. The Morgan fingerprint density at radius 3 is 3.15 bits per heavy atom. The first-order valence-electron chi connectivity index (χ1n) is 6.61. The summed E-state index contributed by atoms with van der Waals surface area (Å²) in [6.07, 6.45) is 5.51. The number of carbonyl (C=O) groups excluding carboxylic acids is 1. The molecule has 2 aliphatic rings. The molecule has 5 nitrogen and oxygen atoms in total. The van der Waals surface area contributed by atoms with Crippen LogP contribution in [0.1, 0.15) is 18.5 Å². The van der Waals surface area contributed by atoms with Crippen LogP contribution in [0.15, 0.2) is 30.1 Å². The number of hydrogen-bond donors (Lipinski definition) is 1. The van der Waals surface area contributed by atoms with Crippen molar-refractivity contribution in [2.75, 3.05) is 13.2 Å². The van der Waals surface area contributed by atoms with Crippen molar-refractivity contribution in [3.05, 3.63) is 35.8 Å². The third-order valence-electron chi connectivity index (χ3n) is 3.35. The summed E-state index contributed by atoms with van der Waals surface area (Å²) >= 11 is 5.22. The van der Waals surface area contributed by atoms with Gasteiger partial charge in [-0.2, -0.15) is 0 Å². The number of ether oxygens (including phenoxy) is 1. The third kappa shape index (κ3) is 2.71. The molecule has 0 aliphatic carbocycles. The number of amides is 1. The molecule has 3 heterocycles. The van der Waals surface area contributed by atoms with E-state index < -0.39 is 0 Å². The Kier molecular flexibility index (Phi) is 3.75. The molecular weight excluding hydrogens is 274 g/mol. The second-order valence-electron chi connectivity index (χ2n) is 4.79. The number of aromatic nitrogens is 1. The second-order valence-corrected chi connectivity index (χ2v) is 5.18. The molecule has 2 fully saturated rings. The fraction of sp³-hybridized carbons (Fsp3) is 0.357. The maximum Gasteiger partial charge on any atom is 0.276 e. The molecule has 1 atom stereocenters. The summed E-state index contributed by atoms with van der Waals surface area (Å²) in [4.78, 5) is 18.1. The number of carbonyl (C=O) groups is 1. The first kappa shape index (κ1) is 13.2. The van der Waals surface area contributed by atoms with E-state index in [0.29, 0.717) is 17.4 Å². The van der Waals surface area contributed by atoms with Crippen LogP contribution in [0.25, 0.3) is 6.08 Å². The van der Waals surface area contributed by atoms with Crippen LogP contribution in [0, 0.1) is 0 Å². The number of nitrogens with one attached hydrogen (secondary N) is 1. The lowest BCUT2D eigenvalue weighted by molar-refractivity contribution is -0.123. The van der Waals surface area contributed by atoms with E-state index in [1.165, 1.54) is 0 Å². The summed E-state index contributed by atoms with van der Waals surface area (Å²) in [6, 6.07) is 5.55. The molecule has 1 N–H and O–H groups in total. The van der Waals surface area contributed by atoms with Crippen molar-refractivity contribution in [2.24, 2.45) is 0 Å². The molecule has 6 heteroatoms. The van der Waals surface area contributed by atoms with Crippen molar-refractivity contribution in [1.82, 2.24) is 15.2 Å². The van der Waals surface area contributed by atoms with Crippen LogP contribution in [0.4, 0.5) is 0 Å². The van der Waals surface area contributed by atoms with Gasteiger partial charge in [-0.15, -0.1) is 0 Å². The average molecular weight is 289 g/mol. The summed E-state index contributed by atoms with van der Waals surface area (Å²) in [5.41, 5.74) is 1.19. The maximum absolute atomic E-state index is 12.3.